The molecule has 0 radical (unpaired) electrons. The second-order valence-electron chi connectivity index (χ2n) is 3.60. The first-order valence-electron chi connectivity index (χ1n) is 4.89. The monoisotopic (exact) mass is 212 g/mol. The Balaban J connectivity index is 3.47. The van der Waals surface area contributed by atoms with Crippen LogP contribution in [0.15, 0.2) is 12.1 Å². The zero-order valence-electron chi connectivity index (χ0n) is 9.10. The highest BCUT2D eigenvalue weighted by Gasteiger charge is 2.19. The number of alkyl halides is 2. The van der Waals surface area contributed by atoms with E-state index in [9.17, 15) is 13.6 Å². The van der Waals surface area contributed by atoms with Crippen LogP contribution in [0.1, 0.15) is 47.3 Å². The smallest absolute Gasteiger partial charge is 0.264 e. The Bertz CT molecular complexity index is 383. The van der Waals surface area contributed by atoms with Gasteiger partial charge in [0.05, 0.1) is 0 Å². The summed E-state index contributed by atoms with van der Waals surface area (Å²) in [5.41, 5.74) is 1.53. The number of hydrogen-bond donors (Lipinski definition) is 0. The lowest BCUT2D eigenvalue weighted by atomic mass is 9.94. The number of halogens is 2. The third-order valence-electron chi connectivity index (χ3n) is 2.36. The first-order valence-corrected chi connectivity index (χ1v) is 4.89. The van der Waals surface area contributed by atoms with Crippen molar-refractivity contribution >= 4 is 5.78 Å². The molecule has 0 atom stereocenters. The Morgan fingerprint density at radius 1 is 1.40 bits per heavy atom. The second kappa shape index (κ2) is 4.51. The molecule has 82 valence electrons. The zero-order valence-corrected chi connectivity index (χ0v) is 9.10. The fourth-order valence-corrected chi connectivity index (χ4v) is 1.77. The largest absolute Gasteiger partial charge is 0.294 e. The van der Waals surface area contributed by atoms with Crippen LogP contribution in [-0.4, -0.2) is 5.78 Å². The van der Waals surface area contributed by atoms with E-state index in [1.807, 2.05) is 6.92 Å². The maximum Gasteiger partial charge on any atom is 0.264 e. The van der Waals surface area contributed by atoms with Gasteiger partial charge in [-0.25, -0.2) is 8.78 Å². The van der Waals surface area contributed by atoms with E-state index < -0.39 is 6.43 Å². The van der Waals surface area contributed by atoms with E-state index in [0.717, 1.165) is 5.56 Å². The predicted octanol–water partition coefficient (Wildman–Crippen LogP) is 3.70. The average molecular weight is 212 g/mol. The van der Waals surface area contributed by atoms with E-state index in [1.54, 1.807) is 13.0 Å². The molecule has 0 aliphatic heterocycles. The van der Waals surface area contributed by atoms with Gasteiger partial charge < -0.3 is 0 Å². The molecule has 0 unspecified atom stereocenters. The molecular formula is C12H14F2O. The van der Waals surface area contributed by atoms with Crippen LogP contribution in [0.3, 0.4) is 0 Å². The molecule has 0 heterocycles. The van der Waals surface area contributed by atoms with Crippen LogP contribution in [0.4, 0.5) is 8.78 Å². The maximum atomic E-state index is 12.7. The van der Waals surface area contributed by atoms with Gasteiger partial charge in [-0.1, -0.05) is 18.6 Å². The fraction of sp³-hybridized carbons (Fsp3) is 0.417. The van der Waals surface area contributed by atoms with Crippen LogP contribution in [0, 0.1) is 6.92 Å². The van der Waals surface area contributed by atoms with Gasteiger partial charge in [-0.3, -0.25) is 4.79 Å². The highest BCUT2D eigenvalue weighted by Crippen LogP contribution is 2.27. The third kappa shape index (κ3) is 2.41. The molecule has 1 nitrogen and oxygen atoms in total. The quantitative estimate of drug-likeness (QED) is 0.698. The summed E-state index contributed by atoms with van der Waals surface area (Å²) < 4.78 is 25.5. The summed E-state index contributed by atoms with van der Waals surface area (Å²) in [5, 5.41) is 0. The van der Waals surface area contributed by atoms with E-state index in [4.69, 9.17) is 0 Å². The lowest BCUT2D eigenvalue weighted by Gasteiger charge is -2.12. The van der Waals surface area contributed by atoms with Crippen LogP contribution in [0.2, 0.25) is 0 Å². The first kappa shape index (κ1) is 11.8. The summed E-state index contributed by atoms with van der Waals surface area (Å²) in [7, 11) is 0. The van der Waals surface area contributed by atoms with Gasteiger partial charge in [-0.05, 0) is 31.9 Å². The molecule has 0 fully saturated rings. The minimum atomic E-state index is -2.59. The van der Waals surface area contributed by atoms with Gasteiger partial charge in [0.1, 0.15) is 0 Å². The van der Waals surface area contributed by atoms with Crippen molar-refractivity contribution in [2.45, 2.75) is 33.6 Å². The highest BCUT2D eigenvalue weighted by molar-refractivity contribution is 5.97. The number of hydrogen-bond acceptors (Lipinski definition) is 1. The van der Waals surface area contributed by atoms with Gasteiger partial charge in [0.25, 0.3) is 6.43 Å². The molecule has 1 aromatic carbocycles. The summed E-state index contributed by atoms with van der Waals surface area (Å²) in [5.74, 6) is -0.290. The molecule has 0 amide bonds. The first-order chi connectivity index (χ1) is 6.97. The van der Waals surface area contributed by atoms with E-state index in [2.05, 4.69) is 0 Å². The molecule has 1 rings (SSSR count). The Hall–Kier alpha value is -1.25. The maximum absolute atomic E-state index is 12.7. The van der Waals surface area contributed by atoms with Gasteiger partial charge in [0.15, 0.2) is 5.78 Å². The van der Waals surface area contributed by atoms with Gasteiger partial charge >= 0.3 is 0 Å². The van der Waals surface area contributed by atoms with Gasteiger partial charge in [0.2, 0.25) is 0 Å². The van der Waals surface area contributed by atoms with E-state index in [-0.39, 0.29) is 16.9 Å². The van der Waals surface area contributed by atoms with E-state index in [1.165, 1.54) is 13.0 Å². The molecule has 0 aliphatic carbocycles. The van der Waals surface area contributed by atoms with Crippen LogP contribution < -0.4 is 0 Å². The van der Waals surface area contributed by atoms with Crippen molar-refractivity contribution < 1.29 is 13.6 Å². The van der Waals surface area contributed by atoms with Crippen LogP contribution in [0.5, 0.6) is 0 Å². The zero-order chi connectivity index (χ0) is 11.6. The molecule has 1 aromatic rings. The molecule has 0 aliphatic rings. The summed E-state index contributed by atoms with van der Waals surface area (Å²) in [6, 6.07) is 3.18. The van der Waals surface area contributed by atoms with Crippen molar-refractivity contribution in [3.63, 3.8) is 0 Å². The molecule has 0 saturated carbocycles. The minimum Gasteiger partial charge on any atom is -0.294 e. The molecule has 15 heavy (non-hydrogen) atoms. The van der Waals surface area contributed by atoms with Gasteiger partial charge in [-0.15, -0.1) is 0 Å². The number of ketones is 1. The van der Waals surface area contributed by atoms with Crippen LogP contribution >= 0.6 is 0 Å². The van der Waals surface area contributed by atoms with E-state index >= 15 is 0 Å². The van der Waals surface area contributed by atoms with Crippen LogP contribution in [0.25, 0.3) is 0 Å². The lowest BCUT2D eigenvalue weighted by Crippen LogP contribution is -2.06. The summed E-state index contributed by atoms with van der Waals surface area (Å²) in [4.78, 5) is 11.3. The molecule has 0 aromatic heterocycles. The van der Waals surface area contributed by atoms with Crippen molar-refractivity contribution in [2.24, 2.45) is 0 Å². The Kier molecular flexibility index (Phi) is 3.56. The fourth-order valence-electron chi connectivity index (χ4n) is 1.77. The molecule has 0 bridgehead atoms. The number of benzene rings is 1. The number of carbonyl (C=O) groups is 1. The number of Topliss-reactive ketones (excluding diaryl/α,β-unsaturated/α-hetero) is 1. The van der Waals surface area contributed by atoms with Gasteiger partial charge in [-0.2, -0.15) is 0 Å². The highest BCUT2D eigenvalue weighted by atomic mass is 19.3. The van der Waals surface area contributed by atoms with Crippen LogP contribution in [-0.2, 0) is 6.42 Å². The number of carbonyl (C=O) groups excluding carboxylic acids is 1. The summed E-state index contributed by atoms with van der Waals surface area (Å²) in [6.45, 7) is 4.95. The van der Waals surface area contributed by atoms with Crippen molar-refractivity contribution in [1.29, 1.82) is 0 Å². The number of aryl methyl sites for hydroxylation is 2. The van der Waals surface area contributed by atoms with Gasteiger partial charge in [0, 0.05) is 11.1 Å². The molecule has 0 spiro atoms. The Morgan fingerprint density at radius 2 is 2.00 bits per heavy atom. The SMILES string of the molecule is CCc1cc(C)cc(C(F)F)c1C(C)=O. The summed E-state index contributed by atoms with van der Waals surface area (Å²) in [6.07, 6.45) is -2.00. The molecular weight excluding hydrogens is 198 g/mol. The average Bonchev–Trinajstić information content (AvgIpc) is 2.15. The van der Waals surface area contributed by atoms with E-state index in [0.29, 0.717) is 12.0 Å². The topological polar surface area (TPSA) is 17.1 Å². The molecule has 0 saturated heterocycles. The van der Waals surface area contributed by atoms with Crippen molar-refractivity contribution in [3.8, 4) is 0 Å². The minimum absolute atomic E-state index is 0.139. The molecule has 3 heteroatoms. The van der Waals surface area contributed by atoms with Crippen molar-refractivity contribution in [2.75, 3.05) is 0 Å². The number of rotatable bonds is 3. The van der Waals surface area contributed by atoms with Crippen molar-refractivity contribution in [1.82, 2.24) is 0 Å². The Labute approximate surface area is 88.1 Å². The normalized spacial score (nSPS) is 10.8. The lowest BCUT2D eigenvalue weighted by molar-refractivity contribution is 0.0998. The Morgan fingerprint density at radius 3 is 2.40 bits per heavy atom. The molecule has 0 N–H and O–H groups in total. The van der Waals surface area contributed by atoms with Crippen molar-refractivity contribution in [3.05, 3.63) is 34.4 Å². The standard InChI is InChI=1S/C12H14F2O/c1-4-9-5-7(2)6-10(12(13)14)11(9)8(3)15/h5-6,12H,4H2,1-3H3. The summed E-state index contributed by atoms with van der Waals surface area (Å²) >= 11 is 0. The predicted molar refractivity (Wildman–Crippen MR) is 55.5 cm³/mol. The second-order valence-corrected chi connectivity index (χ2v) is 3.60. The third-order valence-corrected chi connectivity index (χ3v) is 2.36.